The molecule has 0 saturated heterocycles. The van der Waals surface area contributed by atoms with Crippen LogP contribution in [0.5, 0.6) is 0 Å². The van der Waals surface area contributed by atoms with E-state index in [1.54, 1.807) is 20.8 Å². The second kappa shape index (κ2) is 44.0. The van der Waals surface area contributed by atoms with E-state index in [1.807, 2.05) is 52.1 Å². The van der Waals surface area contributed by atoms with E-state index >= 15 is 0 Å². The summed E-state index contributed by atoms with van der Waals surface area (Å²) >= 11 is 0. The van der Waals surface area contributed by atoms with Gasteiger partial charge in [0.05, 0.1) is 0 Å². The average Bonchev–Trinajstić information content (AvgIpc) is 3.16. The number of amides is 5. The molecule has 0 rings (SSSR count). The maximum absolute atomic E-state index is 11.1. The molecule has 0 aliphatic rings. The van der Waals surface area contributed by atoms with Crippen LogP contribution in [0.2, 0.25) is 0 Å². The summed E-state index contributed by atoms with van der Waals surface area (Å²) in [7, 11) is 11.9. The third-order valence-electron chi connectivity index (χ3n) is 7.53. The number of hydrogen-bond acceptors (Lipinski definition) is 10. The predicted octanol–water partition coefficient (Wildman–Crippen LogP) is 2.37. The van der Waals surface area contributed by atoms with Crippen molar-refractivity contribution in [1.82, 2.24) is 51.1 Å². The van der Waals surface area contributed by atoms with Gasteiger partial charge in [-0.1, -0.05) is 60.6 Å². The van der Waals surface area contributed by atoms with Crippen LogP contribution in [0.1, 0.15) is 54.9 Å². The first-order chi connectivity index (χ1) is 27.1. The molecule has 0 aliphatic carbocycles. The number of nitrogens with zero attached hydrogens (tertiary/aromatic N) is 5. The van der Waals surface area contributed by atoms with Gasteiger partial charge in [0.2, 0.25) is 29.5 Å². The zero-order valence-electron chi connectivity index (χ0n) is 39.1. The summed E-state index contributed by atoms with van der Waals surface area (Å²) in [6, 6.07) is 0. The molecule has 0 saturated carbocycles. The molecular formula is C43H86N10O5. The predicted molar refractivity (Wildman–Crippen MR) is 246 cm³/mol. The Bertz CT molecular complexity index is 1160. The topological polar surface area (TPSA) is 162 Å². The van der Waals surface area contributed by atoms with Gasteiger partial charge < -0.3 is 51.1 Å². The van der Waals surface area contributed by atoms with Gasteiger partial charge in [-0.3, -0.25) is 24.0 Å². The van der Waals surface area contributed by atoms with E-state index in [1.165, 1.54) is 12.2 Å². The van der Waals surface area contributed by atoms with Crippen LogP contribution in [0.15, 0.2) is 61.8 Å². The van der Waals surface area contributed by atoms with Crippen molar-refractivity contribution in [2.45, 2.75) is 54.9 Å². The van der Waals surface area contributed by atoms with Crippen LogP contribution in [0.4, 0.5) is 0 Å². The molecule has 0 heterocycles. The SMILES string of the molecule is C=C(C)C(=O)NCCCN(C)C.C=C(C)C(=O)NCCN(C)C.C=C(C)C(=O)NCCN(CC)CC.C=CC(=O)NCCN(C)C.C=CC(=O)NCCN(CC)CC. The van der Waals surface area contributed by atoms with Crippen LogP contribution >= 0.6 is 0 Å². The summed E-state index contributed by atoms with van der Waals surface area (Å²) in [5, 5.41) is 13.7. The number of carbonyl (C=O) groups excluding carboxylic acids is 5. The third-order valence-corrected chi connectivity index (χ3v) is 7.53. The fourth-order valence-corrected chi connectivity index (χ4v) is 3.73. The number of rotatable bonds is 25. The molecule has 0 aliphatic heterocycles. The van der Waals surface area contributed by atoms with Crippen molar-refractivity contribution in [3.8, 4) is 0 Å². The summed E-state index contributed by atoms with van der Waals surface area (Å²) in [6.07, 6.45) is 3.55. The Morgan fingerprint density at radius 3 is 0.948 bits per heavy atom. The Labute approximate surface area is 354 Å². The molecule has 0 aromatic heterocycles. The third kappa shape index (κ3) is 51.9. The highest BCUT2D eigenvalue weighted by Crippen LogP contribution is 1.89. The normalized spacial score (nSPS) is 9.90. The first-order valence-electron chi connectivity index (χ1n) is 20.1. The Kier molecular flexibility index (Phi) is 47.8. The number of carbonyl (C=O) groups is 5. The molecule has 0 bridgehead atoms. The minimum absolute atomic E-state index is 0.0474. The Morgan fingerprint density at radius 2 is 0.690 bits per heavy atom. The van der Waals surface area contributed by atoms with Gasteiger partial charge in [0.1, 0.15) is 0 Å². The first-order valence-corrected chi connectivity index (χ1v) is 20.1. The number of nitrogens with one attached hydrogen (secondary N) is 5. The zero-order valence-corrected chi connectivity index (χ0v) is 39.1. The van der Waals surface area contributed by atoms with Crippen LogP contribution in [-0.4, -0.2) is 188 Å². The van der Waals surface area contributed by atoms with Crippen LogP contribution in [0.3, 0.4) is 0 Å². The zero-order chi connectivity index (χ0) is 46.1. The second-order valence-corrected chi connectivity index (χ2v) is 13.9. The van der Waals surface area contributed by atoms with Crippen molar-refractivity contribution in [3.63, 3.8) is 0 Å². The van der Waals surface area contributed by atoms with E-state index in [0.717, 1.165) is 71.9 Å². The molecule has 0 fully saturated rings. The standard InChI is InChI=1S/C10H20N2O.2C9H18N2O.C8H16N2O.C7H14N2O/c1-5-12(6-2)8-7-11-10(13)9(3)4;1-8(2)9(12)10-6-5-7-11(3)4;1-4-9(12)10-7-8-11(5-2)6-3;1-7(2)8(11)9-5-6-10(3)4;1-4-7(10)8-5-6-9(2)3/h3,5-8H2,1-2,4H3,(H,11,13);1,5-7H2,2-4H3,(H,10,12);4H,1,5-8H2,2-3H3,(H,10,12);1,5-6H2,2-4H3,(H,9,11);4H,1,5-6H2,2-3H3,(H,8,10). The molecule has 58 heavy (non-hydrogen) atoms. The molecule has 0 unspecified atom stereocenters. The lowest BCUT2D eigenvalue weighted by molar-refractivity contribution is -0.118. The van der Waals surface area contributed by atoms with Gasteiger partial charge in [0, 0.05) is 75.6 Å². The van der Waals surface area contributed by atoms with Crippen molar-refractivity contribution in [2.24, 2.45) is 0 Å². The maximum Gasteiger partial charge on any atom is 0.246 e. The monoisotopic (exact) mass is 823 g/mol. The summed E-state index contributed by atoms with van der Waals surface area (Å²) in [4.78, 5) is 64.8. The van der Waals surface area contributed by atoms with Gasteiger partial charge in [-0.15, -0.1) is 0 Å². The number of hydrogen-bond donors (Lipinski definition) is 5. The lowest BCUT2D eigenvalue weighted by Gasteiger charge is -2.17. The molecule has 15 heteroatoms. The molecule has 0 aromatic rings. The van der Waals surface area contributed by atoms with E-state index in [2.05, 4.69) is 102 Å². The van der Waals surface area contributed by atoms with Crippen molar-refractivity contribution in [3.05, 3.63) is 61.8 Å². The largest absolute Gasteiger partial charge is 0.352 e. The Morgan fingerprint density at radius 1 is 0.431 bits per heavy atom. The molecule has 15 nitrogen and oxygen atoms in total. The molecule has 5 amide bonds. The lowest BCUT2D eigenvalue weighted by atomic mass is 10.3. The van der Waals surface area contributed by atoms with Gasteiger partial charge in [0.15, 0.2) is 0 Å². The van der Waals surface area contributed by atoms with E-state index < -0.39 is 0 Å². The van der Waals surface area contributed by atoms with Crippen LogP contribution < -0.4 is 26.6 Å². The lowest BCUT2D eigenvalue weighted by Crippen LogP contribution is -2.34. The van der Waals surface area contributed by atoms with E-state index in [-0.39, 0.29) is 29.5 Å². The Hall–Kier alpha value is -4.15. The average molecular weight is 823 g/mol. The fraction of sp³-hybridized carbons (Fsp3) is 0.651. The van der Waals surface area contributed by atoms with Gasteiger partial charge in [-0.25, -0.2) is 0 Å². The molecule has 0 spiro atoms. The first kappa shape index (κ1) is 63.0. The minimum atomic E-state index is -0.109. The van der Waals surface area contributed by atoms with E-state index in [9.17, 15) is 24.0 Å². The van der Waals surface area contributed by atoms with Gasteiger partial charge in [-0.05, 0) is 114 Å². The van der Waals surface area contributed by atoms with Crippen LogP contribution in [0, 0.1) is 0 Å². The van der Waals surface area contributed by atoms with Crippen LogP contribution in [0.25, 0.3) is 0 Å². The molecule has 338 valence electrons. The smallest absolute Gasteiger partial charge is 0.246 e. The van der Waals surface area contributed by atoms with Gasteiger partial charge in [-0.2, -0.15) is 0 Å². The maximum atomic E-state index is 11.1. The van der Waals surface area contributed by atoms with Gasteiger partial charge >= 0.3 is 0 Å². The van der Waals surface area contributed by atoms with Crippen molar-refractivity contribution < 1.29 is 24.0 Å². The summed E-state index contributed by atoms with van der Waals surface area (Å²) in [5.41, 5.74) is 1.70. The highest BCUT2D eigenvalue weighted by atomic mass is 16.2. The highest BCUT2D eigenvalue weighted by Gasteiger charge is 2.03. The Balaban J connectivity index is -0.000000202. The minimum Gasteiger partial charge on any atom is -0.352 e. The quantitative estimate of drug-likeness (QED) is 0.0684. The van der Waals surface area contributed by atoms with Crippen LogP contribution in [-0.2, 0) is 24.0 Å². The highest BCUT2D eigenvalue weighted by molar-refractivity contribution is 5.92. The summed E-state index contributed by atoms with van der Waals surface area (Å²) in [5.74, 6) is -0.364. The molecule has 0 radical (unpaired) electrons. The van der Waals surface area contributed by atoms with E-state index in [4.69, 9.17) is 0 Å². The van der Waals surface area contributed by atoms with Crippen molar-refractivity contribution in [2.75, 3.05) is 134 Å². The molecule has 5 N–H and O–H groups in total. The second-order valence-electron chi connectivity index (χ2n) is 13.9. The molecule has 0 atom stereocenters. The fourth-order valence-electron chi connectivity index (χ4n) is 3.73. The van der Waals surface area contributed by atoms with Crippen molar-refractivity contribution >= 4 is 29.5 Å². The number of likely N-dealkylation sites (N-methyl/N-ethyl adjacent to an activating group) is 4. The van der Waals surface area contributed by atoms with Gasteiger partial charge in [0.25, 0.3) is 0 Å². The molecule has 0 aromatic carbocycles. The summed E-state index contributed by atoms with van der Waals surface area (Å²) in [6.45, 7) is 43.1. The van der Waals surface area contributed by atoms with E-state index in [0.29, 0.717) is 42.9 Å². The molecular weight excluding hydrogens is 737 g/mol. The summed E-state index contributed by atoms with van der Waals surface area (Å²) < 4.78 is 0. The van der Waals surface area contributed by atoms with Crippen molar-refractivity contribution in [1.29, 1.82) is 0 Å².